The number of allylic oxidation sites excluding steroid dienone is 3. The van der Waals surface area contributed by atoms with E-state index < -0.39 is 0 Å². The van der Waals surface area contributed by atoms with Gasteiger partial charge in [0.15, 0.2) is 0 Å². The second-order valence-electron chi connectivity index (χ2n) is 2.11. The fourth-order valence-corrected chi connectivity index (χ4v) is 0.538. The Labute approximate surface area is 73.2 Å². The SMILES string of the molecule is C=CCOC(=O)C=CC=CCC. The predicted octanol–water partition coefficient (Wildman–Crippen LogP) is 2.24. The van der Waals surface area contributed by atoms with Gasteiger partial charge >= 0.3 is 5.97 Å². The Morgan fingerprint density at radius 1 is 1.50 bits per heavy atom. The van der Waals surface area contributed by atoms with E-state index in [4.69, 9.17) is 4.74 Å². The summed E-state index contributed by atoms with van der Waals surface area (Å²) in [6.07, 6.45) is 9.32. The zero-order valence-electron chi connectivity index (χ0n) is 7.32. The van der Waals surface area contributed by atoms with Crippen LogP contribution in [0, 0.1) is 0 Å². The fourth-order valence-electron chi connectivity index (χ4n) is 0.538. The van der Waals surface area contributed by atoms with Crippen molar-refractivity contribution < 1.29 is 9.53 Å². The molecule has 0 aliphatic rings. The molecule has 2 heteroatoms. The minimum Gasteiger partial charge on any atom is -0.458 e. The topological polar surface area (TPSA) is 26.3 Å². The van der Waals surface area contributed by atoms with Gasteiger partial charge in [-0.2, -0.15) is 0 Å². The lowest BCUT2D eigenvalue weighted by Gasteiger charge is -1.93. The van der Waals surface area contributed by atoms with Crippen molar-refractivity contribution in [2.75, 3.05) is 6.61 Å². The summed E-state index contributed by atoms with van der Waals surface area (Å²) < 4.78 is 4.69. The molecule has 0 fully saturated rings. The van der Waals surface area contributed by atoms with E-state index in [0.29, 0.717) is 0 Å². The molecule has 0 saturated heterocycles. The second kappa shape index (κ2) is 7.79. The summed E-state index contributed by atoms with van der Waals surface area (Å²) in [7, 11) is 0. The highest BCUT2D eigenvalue weighted by molar-refractivity contribution is 5.82. The van der Waals surface area contributed by atoms with Crippen LogP contribution in [0.25, 0.3) is 0 Å². The first-order chi connectivity index (χ1) is 5.81. The van der Waals surface area contributed by atoms with Crippen LogP contribution in [0.3, 0.4) is 0 Å². The van der Waals surface area contributed by atoms with Gasteiger partial charge in [-0.15, -0.1) is 0 Å². The van der Waals surface area contributed by atoms with Crippen LogP contribution in [0.1, 0.15) is 13.3 Å². The van der Waals surface area contributed by atoms with Gasteiger partial charge in [0.05, 0.1) is 0 Å². The van der Waals surface area contributed by atoms with Gasteiger partial charge < -0.3 is 4.74 Å². The average Bonchev–Trinajstić information content (AvgIpc) is 2.09. The number of hydrogen-bond donors (Lipinski definition) is 0. The van der Waals surface area contributed by atoms with Gasteiger partial charge in [0.2, 0.25) is 0 Å². The number of rotatable bonds is 5. The summed E-state index contributed by atoms with van der Waals surface area (Å²) in [5.74, 6) is -0.337. The van der Waals surface area contributed by atoms with Crippen LogP contribution in [0.2, 0.25) is 0 Å². The quantitative estimate of drug-likeness (QED) is 0.271. The molecule has 0 heterocycles. The van der Waals surface area contributed by atoms with Crippen LogP contribution < -0.4 is 0 Å². The maximum absolute atomic E-state index is 10.8. The predicted molar refractivity (Wildman–Crippen MR) is 49.7 cm³/mol. The molecule has 12 heavy (non-hydrogen) atoms. The molecule has 0 saturated carbocycles. The zero-order chi connectivity index (χ0) is 9.23. The van der Waals surface area contributed by atoms with E-state index in [1.807, 2.05) is 19.1 Å². The second-order valence-corrected chi connectivity index (χ2v) is 2.11. The number of ether oxygens (including phenoxy) is 1. The van der Waals surface area contributed by atoms with E-state index in [-0.39, 0.29) is 12.6 Å². The summed E-state index contributed by atoms with van der Waals surface area (Å²) >= 11 is 0. The van der Waals surface area contributed by atoms with E-state index >= 15 is 0 Å². The lowest BCUT2D eigenvalue weighted by atomic mass is 10.4. The van der Waals surface area contributed by atoms with Crippen LogP contribution >= 0.6 is 0 Å². The number of carbonyl (C=O) groups is 1. The molecule has 0 aromatic rings. The van der Waals surface area contributed by atoms with Crippen molar-refractivity contribution in [3.8, 4) is 0 Å². The highest BCUT2D eigenvalue weighted by atomic mass is 16.5. The third-order valence-electron chi connectivity index (χ3n) is 1.06. The number of esters is 1. The summed E-state index contributed by atoms with van der Waals surface area (Å²) in [5, 5.41) is 0. The lowest BCUT2D eigenvalue weighted by Crippen LogP contribution is -1.99. The molecular formula is C10H14O2. The van der Waals surface area contributed by atoms with Crippen LogP contribution in [-0.4, -0.2) is 12.6 Å². The largest absolute Gasteiger partial charge is 0.458 e. The first-order valence-corrected chi connectivity index (χ1v) is 3.92. The molecule has 2 nitrogen and oxygen atoms in total. The van der Waals surface area contributed by atoms with Crippen LogP contribution in [0.15, 0.2) is 37.0 Å². The maximum Gasteiger partial charge on any atom is 0.331 e. The van der Waals surface area contributed by atoms with Crippen molar-refractivity contribution in [3.63, 3.8) is 0 Å². The van der Waals surface area contributed by atoms with Crippen molar-refractivity contribution in [1.82, 2.24) is 0 Å². The standard InChI is InChI=1S/C10H14O2/c1-3-5-6-7-8-10(11)12-9-4-2/h4-8H,2-3,9H2,1H3. The highest BCUT2D eigenvalue weighted by Crippen LogP contribution is 1.85. The van der Waals surface area contributed by atoms with E-state index in [2.05, 4.69) is 6.58 Å². The monoisotopic (exact) mass is 166 g/mol. The van der Waals surface area contributed by atoms with Gasteiger partial charge in [-0.05, 0) is 6.42 Å². The van der Waals surface area contributed by atoms with E-state index in [9.17, 15) is 4.79 Å². The van der Waals surface area contributed by atoms with Crippen LogP contribution in [0.4, 0.5) is 0 Å². The summed E-state index contributed by atoms with van der Waals surface area (Å²) in [5.41, 5.74) is 0. The normalized spacial score (nSPS) is 10.8. The van der Waals surface area contributed by atoms with Crippen molar-refractivity contribution in [3.05, 3.63) is 37.0 Å². The molecular weight excluding hydrogens is 152 g/mol. The van der Waals surface area contributed by atoms with Crippen molar-refractivity contribution in [1.29, 1.82) is 0 Å². The fraction of sp³-hybridized carbons (Fsp3) is 0.300. The third kappa shape index (κ3) is 6.81. The molecule has 0 radical (unpaired) electrons. The number of hydrogen-bond acceptors (Lipinski definition) is 2. The van der Waals surface area contributed by atoms with Gasteiger partial charge in [-0.25, -0.2) is 4.79 Å². The molecule has 0 aromatic heterocycles. The first-order valence-electron chi connectivity index (χ1n) is 3.92. The summed E-state index contributed by atoms with van der Waals surface area (Å²) in [6.45, 7) is 5.72. The van der Waals surface area contributed by atoms with Gasteiger partial charge in [-0.3, -0.25) is 0 Å². The molecule has 0 aromatic carbocycles. The lowest BCUT2D eigenvalue weighted by molar-refractivity contribution is -0.136. The van der Waals surface area contributed by atoms with E-state index in [1.54, 1.807) is 6.08 Å². The molecule has 0 amide bonds. The van der Waals surface area contributed by atoms with Gasteiger partial charge in [0.25, 0.3) is 0 Å². The minimum atomic E-state index is -0.337. The van der Waals surface area contributed by atoms with E-state index in [0.717, 1.165) is 6.42 Å². The average molecular weight is 166 g/mol. The van der Waals surface area contributed by atoms with Crippen LogP contribution in [0.5, 0.6) is 0 Å². The molecule has 0 rings (SSSR count). The Bertz CT molecular complexity index is 190. The molecule has 0 spiro atoms. The van der Waals surface area contributed by atoms with Crippen molar-refractivity contribution in [2.45, 2.75) is 13.3 Å². The van der Waals surface area contributed by atoms with Gasteiger partial charge in [0, 0.05) is 6.08 Å². The Balaban J connectivity index is 3.60. The minimum absolute atomic E-state index is 0.265. The molecule has 0 atom stereocenters. The number of carbonyl (C=O) groups excluding carboxylic acids is 1. The van der Waals surface area contributed by atoms with Gasteiger partial charge in [0.1, 0.15) is 6.61 Å². The Morgan fingerprint density at radius 3 is 2.83 bits per heavy atom. The molecule has 0 aliphatic heterocycles. The first kappa shape index (κ1) is 10.7. The van der Waals surface area contributed by atoms with Crippen molar-refractivity contribution in [2.24, 2.45) is 0 Å². The summed E-state index contributed by atoms with van der Waals surface area (Å²) in [4.78, 5) is 10.8. The van der Waals surface area contributed by atoms with E-state index in [1.165, 1.54) is 12.2 Å². The van der Waals surface area contributed by atoms with Crippen LogP contribution in [-0.2, 0) is 9.53 Å². The third-order valence-corrected chi connectivity index (χ3v) is 1.06. The Kier molecular flexibility index (Phi) is 6.94. The molecule has 0 unspecified atom stereocenters. The van der Waals surface area contributed by atoms with Crippen molar-refractivity contribution >= 4 is 5.97 Å². The Morgan fingerprint density at radius 2 is 2.25 bits per heavy atom. The molecule has 0 bridgehead atoms. The molecule has 0 N–H and O–H groups in total. The smallest absolute Gasteiger partial charge is 0.331 e. The highest BCUT2D eigenvalue weighted by Gasteiger charge is 1.90. The molecule has 0 aliphatic carbocycles. The zero-order valence-corrected chi connectivity index (χ0v) is 7.32. The molecule has 66 valence electrons. The maximum atomic E-state index is 10.8. The summed E-state index contributed by atoms with van der Waals surface area (Å²) in [6, 6.07) is 0. The van der Waals surface area contributed by atoms with Gasteiger partial charge in [-0.1, -0.05) is 37.8 Å². The Hall–Kier alpha value is -1.31.